The summed E-state index contributed by atoms with van der Waals surface area (Å²) in [5, 5.41) is 12.2. The number of aromatic nitrogens is 4. The maximum Gasteiger partial charge on any atom is 0.234 e. The first-order valence-corrected chi connectivity index (χ1v) is 11.1. The first-order valence-electron chi connectivity index (χ1n) is 10.2. The highest BCUT2D eigenvalue weighted by Gasteiger charge is 2.17. The average Bonchev–Trinajstić information content (AvgIpc) is 3.27. The molecule has 168 valence electrons. The van der Waals surface area contributed by atoms with Crippen LogP contribution in [0.5, 0.6) is 11.5 Å². The summed E-state index contributed by atoms with van der Waals surface area (Å²) in [6.45, 7) is 2.04. The van der Waals surface area contributed by atoms with Gasteiger partial charge in [-0.2, -0.15) is 0 Å². The Kier molecular flexibility index (Phi) is 6.89. The molecule has 0 radical (unpaired) electrons. The van der Waals surface area contributed by atoms with Crippen molar-refractivity contribution < 1.29 is 14.3 Å². The molecule has 1 amide bonds. The number of ether oxygens (including phenoxy) is 2. The number of amides is 1. The molecular formula is C24H23N5O3S. The molecule has 0 aliphatic heterocycles. The third kappa shape index (κ3) is 5.32. The lowest BCUT2D eigenvalue weighted by Gasteiger charge is -2.11. The summed E-state index contributed by atoms with van der Waals surface area (Å²) >= 11 is 1.31. The molecule has 0 atom stereocenters. The Morgan fingerprint density at radius 2 is 1.64 bits per heavy atom. The van der Waals surface area contributed by atoms with E-state index in [0.29, 0.717) is 28.2 Å². The summed E-state index contributed by atoms with van der Waals surface area (Å²) in [6.07, 6.45) is 3.43. The summed E-state index contributed by atoms with van der Waals surface area (Å²) < 4.78 is 12.5. The zero-order valence-electron chi connectivity index (χ0n) is 18.5. The number of carbonyl (C=O) groups excluding carboxylic acids is 1. The zero-order valence-corrected chi connectivity index (χ0v) is 19.3. The first-order chi connectivity index (χ1) is 16.1. The second-order valence-corrected chi connectivity index (χ2v) is 8.09. The summed E-state index contributed by atoms with van der Waals surface area (Å²) in [4.78, 5) is 16.8. The Bertz CT molecular complexity index is 1220. The molecule has 0 aliphatic rings. The maximum absolute atomic E-state index is 12.7. The molecule has 9 heteroatoms. The Hall–Kier alpha value is -3.85. The highest BCUT2D eigenvalue weighted by Crippen LogP contribution is 2.29. The van der Waals surface area contributed by atoms with Gasteiger partial charge in [0.25, 0.3) is 0 Å². The van der Waals surface area contributed by atoms with Crippen LogP contribution in [0.15, 0.2) is 72.1 Å². The molecule has 0 saturated heterocycles. The summed E-state index contributed by atoms with van der Waals surface area (Å²) in [7, 11) is 3.13. The number of hydrogen-bond donors (Lipinski definition) is 1. The number of carbonyl (C=O) groups is 1. The van der Waals surface area contributed by atoms with Gasteiger partial charge in [0.1, 0.15) is 11.5 Å². The molecule has 0 bridgehead atoms. The van der Waals surface area contributed by atoms with E-state index in [1.54, 1.807) is 44.8 Å². The predicted octanol–water partition coefficient (Wildman–Crippen LogP) is 4.39. The van der Waals surface area contributed by atoms with E-state index in [1.165, 1.54) is 11.8 Å². The molecule has 0 unspecified atom stereocenters. The minimum Gasteiger partial charge on any atom is -0.497 e. The number of nitrogens with zero attached hydrogens (tertiary/aromatic N) is 4. The van der Waals surface area contributed by atoms with Crippen LogP contribution in [0.4, 0.5) is 5.69 Å². The SMILES string of the molecule is COc1cc(NC(=O)CSc2nnc(-c3ccncc3)n2-c2ccc(C)cc2)cc(OC)c1. The van der Waals surface area contributed by atoms with Crippen molar-refractivity contribution in [1.29, 1.82) is 0 Å². The van der Waals surface area contributed by atoms with Crippen LogP contribution in [0.1, 0.15) is 5.56 Å². The van der Waals surface area contributed by atoms with E-state index in [9.17, 15) is 4.79 Å². The molecule has 0 fully saturated rings. The van der Waals surface area contributed by atoms with Crippen molar-refractivity contribution in [1.82, 2.24) is 19.7 Å². The lowest BCUT2D eigenvalue weighted by molar-refractivity contribution is -0.113. The van der Waals surface area contributed by atoms with Crippen molar-refractivity contribution in [2.24, 2.45) is 0 Å². The zero-order chi connectivity index (χ0) is 23.2. The second-order valence-electron chi connectivity index (χ2n) is 7.15. The van der Waals surface area contributed by atoms with Gasteiger partial charge in [0.15, 0.2) is 11.0 Å². The monoisotopic (exact) mass is 461 g/mol. The number of hydrogen-bond acceptors (Lipinski definition) is 7. The lowest BCUT2D eigenvalue weighted by Crippen LogP contribution is -2.14. The van der Waals surface area contributed by atoms with Crippen LogP contribution in [0, 0.1) is 6.92 Å². The van der Waals surface area contributed by atoms with Gasteiger partial charge in [-0.25, -0.2) is 0 Å². The van der Waals surface area contributed by atoms with E-state index in [1.807, 2.05) is 47.9 Å². The molecule has 8 nitrogen and oxygen atoms in total. The fourth-order valence-electron chi connectivity index (χ4n) is 3.18. The number of nitrogens with one attached hydrogen (secondary N) is 1. The molecule has 2 aromatic heterocycles. The van der Waals surface area contributed by atoms with Gasteiger partial charge in [-0.05, 0) is 31.2 Å². The largest absolute Gasteiger partial charge is 0.497 e. The molecule has 2 heterocycles. The van der Waals surface area contributed by atoms with E-state index in [4.69, 9.17) is 9.47 Å². The fourth-order valence-corrected chi connectivity index (χ4v) is 3.94. The third-order valence-electron chi connectivity index (χ3n) is 4.83. The number of methoxy groups -OCH3 is 2. The molecular weight excluding hydrogens is 438 g/mol. The summed E-state index contributed by atoms with van der Waals surface area (Å²) in [5.74, 6) is 1.84. The molecule has 1 N–H and O–H groups in total. The van der Waals surface area contributed by atoms with Crippen LogP contribution in [0.2, 0.25) is 0 Å². The number of rotatable bonds is 8. The molecule has 2 aromatic carbocycles. The van der Waals surface area contributed by atoms with Crippen molar-refractivity contribution >= 4 is 23.4 Å². The van der Waals surface area contributed by atoms with Gasteiger partial charge >= 0.3 is 0 Å². The van der Waals surface area contributed by atoms with Crippen LogP contribution < -0.4 is 14.8 Å². The van der Waals surface area contributed by atoms with Crippen LogP contribution in [0.3, 0.4) is 0 Å². The minimum atomic E-state index is -0.181. The van der Waals surface area contributed by atoms with Crippen molar-refractivity contribution in [3.63, 3.8) is 0 Å². The van der Waals surface area contributed by atoms with Crippen molar-refractivity contribution in [2.75, 3.05) is 25.3 Å². The number of anilines is 1. The Morgan fingerprint density at radius 1 is 0.970 bits per heavy atom. The van der Waals surface area contributed by atoms with Gasteiger partial charge in [0, 0.05) is 47.5 Å². The molecule has 4 aromatic rings. The van der Waals surface area contributed by atoms with Gasteiger partial charge in [-0.15, -0.1) is 10.2 Å². The van der Waals surface area contributed by atoms with E-state index in [0.717, 1.165) is 16.8 Å². The molecule has 0 aliphatic carbocycles. The van der Waals surface area contributed by atoms with Gasteiger partial charge in [0.05, 0.1) is 20.0 Å². The smallest absolute Gasteiger partial charge is 0.234 e. The fraction of sp³-hybridized carbons (Fsp3) is 0.167. The topological polar surface area (TPSA) is 91.2 Å². The van der Waals surface area contributed by atoms with E-state index >= 15 is 0 Å². The predicted molar refractivity (Wildman–Crippen MR) is 128 cm³/mol. The Labute approximate surface area is 196 Å². The van der Waals surface area contributed by atoms with Crippen molar-refractivity contribution in [3.8, 4) is 28.6 Å². The number of pyridine rings is 1. The number of aryl methyl sites for hydroxylation is 1. The van der Waals surface area contributed by atoms with Crippen molar-refractivity contribution in [2.45, 2.75) is 12.1 Å². The number of benzene rings is 2. The highest BCUT2D eigenvalue weighted by atomic mass is 32.2. The lowest BCUT2D eigenvalue weighted by atomic mass is 10.2. The molecule has 0 spiro atoms. The van der Waals surface area contributed by atoms with Gasteiger partial charge in [-0.3, -0.25) is 14.3 Å². The molecule has 4 rings (SSSR count). The molecule has 33 heavy (non-hydrogen) atoms. The van der Waals surface area contributed by atoms with Gasteiger partial charge < -0.3 is 14.8 Å². The van der Waals surface area contributed by atoms with Crippen LogP contribution in [-0.2, 0) is 4.79 Å². The minimum absolute atomic E-state index is 0.153. The van der Waals surface area contributed by atoms with Crippen LogP contribution >= 0.6 is 11.8 Å². The van der Waals surface area contributed by atoms with Crippen LogP contribution in [-0.4, -0.2) is 45.6 Å². The van der Waals surface area contributed by atoms with Crippen LogP contribution in [0.25, 0.3) is 17.1 Å². The maximum atomic E-state index is 12.7. The van der Waals surface area contributed by atoms with E-state index in [-0.39, 0.29) is 11.7 Å². The Morgan fingerprint density at radius 3 is 2.27 bits per heavy atom. The molecule has 0 saturated carbocycles. The quantitative estimate of drug-likeness (QED) is 0.389. The summed E-state index contributed by atoms with van der Waals surface area (Å²) in [5.41, 5.74) is 3.55. The highest BCUT2D eigenvalue weighted by molar-refractivity contribution is 7.99. The van der Waals surface area contributed by atoms with Crippen molar-refractivity contribution in [3.05, 3.63) is 72.6 Å². The van der Waals surface area contributed by atoms with E-state index < -0.39 is 0 Å². The van der Waals surface area contributed by atoms with Gasteiger partial charge in [-0.1, -0.05) is 29.5 Å². The van der Waals surface area contributed by atoms with E-state index in [2.05, 4.69) is 20.5 Å². The summed E-state index contributed by atoms with van der Waals surface area (Å²) in [6, 6.07) is 17.1. The first kappa shape index (κ1) is 22.3. The second kappa shape index (κ2) is 10.2. The number of thioether (sulfide) groups is 1. The third-order valence-corrected chi connectivity index (χ3v) is 5.76. The standard InChI is InChI=1S/C24H23N5O3S/c1-16-4-6-19(7-5-16)29-23(17-8-10-25-11-9-17)27-28-24(29)33-15-22(30)26-18-12-20(31-2)14-21(13-18)32-3/h4-14H,15H2,1-3H3,(H,26,30). The van der Waals surface area contributed by atoms with Gasteiger partial charge in [0.2, 0.25) is 5.91 Å². The normalized spacial score (nSPS) is 10.6. The Balaban J connectivity index is 1.56. The average molecular weight is 462 g/mol.